The van der Waals surface area contributed by atoms with Gasteiger partial charge in [0.15, 0.2) is 0 Å². The summed E-state index contributed by atoms with van der Waals surface area (Å²) in [6, 6.07) is 10.7. The Bertz CT molecular complexity index is 1120. The summed E-state index contributed by atoms with van der Waals surface area (Å²) in [4.78, 5) is 41.0. The van der Waals surface area contributed by atoms with Crippen LogP contribution in [0.2, 0.25) is 5.02 Å². The standard InChI is InChI=1S/C18H12ClN3O5/c19-12-6-7-13-14(9-12)20-16(21-18(13)24)10-27-17(23)8-5-11-3-1-2-4-15(11)22(25)26/h1-9H,10H2,(H,20,21,24)/b8-5+. The molecule has 0 unspecified atom stereocenters. The molecule has 0 atom stereocenters. The lowest BCUT2D eigenvalue weighted by atomic mass is 10.1. The maximum Gasteiger partial charge on any atom is 0.331 e. The second-order valence-corrected chi connectivity index (χ2v) is 5.87. The molecular formula is C18H12ClN3O5. The van der Waals surface area contributed by atoms with Gasteiger partial charge in [-0.25, -0.2) is 9.78 Å². The van der Waals surface area contributed by atoms with Gasteiger partial charge in [-0.15, -0.1) is 0 Å². The Hall–Kier alpha value is -3.52. The largest absolute Gasteiger partial charge is 0.454 e. The van der Waals surface area contributed by atoms with E-state index in [9.17, 15) is 19.7 Å². The fourth-order valence-corrected chi connectivity index (χ4v) is 2.54. The van der Waals surface area contributed by atoms with Crippen molar-refractivity contribution in [2.24, 2.45) is 0 Å². The molecule has 3 aromatic rings. The predicted octanol–water partition coefficient (Wildman–Crippen LogP) is 3.24. The van der Waals surface area contributed by atoms with Gasteiger partial charge in [-0.3, -0.25) is 14.9 Å². The van der Waals surface area contributed by atoms with Gasteiger partial charge in [0.2, 0.25) is 0 Å². The Labute approximate surface area is 157 Å². The molecule has 3 rings (SSSR count). The first-order chi connectivity index (χ1) is 12.9. The van der Waals surface area contributed by atoms with Gasteiger partial charge in [0.25, 0.3) is 11.2 Å². The number of H-pyrrole nitrogens is 1. The topological polar surface area (TPSA) is 115 Å². The second kappa shape index (κ2) is 7.79. The third-order valence-electron chi connectivity index (χ3n) is 3.60. The van der Waals surface area contributed by atoms with Crippen LogP contribution in [0.1, 0.15) is 11.4 Å². The lowest BCUT2D eigenvalue weighted by Gasteiger charge is -2.04. The Kier molecular flexibility index (Phi) is 5.28. The van der Waals surface area contributed by atoms with Crippen LogP contribution in [0.25, 0.3) is 17.0 Å². The smallest absolute Gasteiger partial charge is 0.331 e. The monoisotopic (exact) mass is 385 g/mol. The third kappa shape index (κ3) is 4.36. The molecule has 2 aromatic carbocycles. The van der Waals surface area contributed by atoms with E-state index in [1.54, 1.807) is 18.2 Å². The number of hydrogen-bond donors (Lipinski definition) is 1. The van der Waals surface area contributed by atoms with Crippen LogP contribution < -0.4 is 5.56 Å². The molecule has 0 aliphatic heterocycles. The number of halogens is 1. The zero-order valence-electron chi connectivity index (χ0n) is 13.7. The van der Waals surface area contributed by atoms with Crippen molar-refractivity contribution in [2.45, 2.75) is 6.61 Å². The van der Waals surface area contributed by atoms with Crippen molar-refractivity contribution in [3.05, 3.63) is 85.4 Å². The van der Waals surface area contributed by atoms with E-state index in [1.807, 2.05) is 0 Å². The van der Waals surface area contributed by atoms with Gasteiger partial charge in [0, 0.05) is 17.2 Å². The highest BCUT2D eigenvalue weighted by molar-refractivity contribution is 6.31. The number of ether oxygens (including phenoxy) is 1. The molecule has 0 fully saturated rings. The fourth-order valence-electron chi connectivity index (χ4n) is 2.37. The van der Waals surface area contributed by atoms with Crippen LogP contribution >= 0.6 is 11.6 Å². The summed E-state index contributed by atoms with van der Waals surface area (Å²) in [5.74, 6) is -0.579. The molecule has 8 nitrogen and oxygen atoms in total. The summed E-state index contributed by atoms with van der Waals surface area (Å²) in [6.45, 7) is -0.266. The molecule has 1 aromatic heterocycles. The van der Waals surface area contributed by atoms with E-state index < -0.39 is 10.9 Å². The van der Waals surface area contributed by atoms with Crippen LogP contribution in [-0.2, 0) is 16.1 Å². The summed E-state index contributed by atoms with van der Waals surface area (Å²) in [6.07, 6.45) is 2.36. The van der Waals surface area contributed by atoms with Gasteiger partial charge in [0.1, 0.15) is 12.4 Å². The van der Waals surface area contributed by atoms with Crippen molar-refractivity contribution in [2.75, 3.05) is 0 Å². The molecule has 9 heteroatoms. The van der Waals surface area contributed by atoms with Gasteiger partial charge < -0.3 is 9.72 Å². The second-order valence-electron chi connectivity index (χ2n) is 5.43. The molecule has 0 saturated heterocycles. The number of fused-ring (bicyclic) bond motifs is 1. The van der Waals surface area contributed by atoms with Gasteiger partial charge in [-0.2, -0.15) is 0 Å². The lowest BCUT2D eigenvalue weighted by Crippen LogP contribution is -2.13. The zero-order chi connectivity index (χ0) is 19.4. The van der Waals surface area contributed by atoms with Gasteiger partial charge in [-0.1, -0.05) is 23.7 Å². The minimum Gasteiger partial charge on any atom is -0.454 e. The van der Waals surface area contributed by atoms with Crippen molar-refractivity contribution in [1.82, 2.24) is 9.97 Å². The molecule has 0 radical (unpaired) electrons. The van der Waals surface area contributed by atoms with E-state index >= 15 is 0 Å². The third-order valence-corrected chi connectivity index (χ3v) is 3.84. The molecule has 0 aliphatic carbocycles. The van der Waals surface area contributed by atoms with Crippen LogP contribution in [0.4, 0.5) is 5.69 Å². The minimum atomic E-state index is -0.734. The number of rotatable bonds is 5. The number of carbonyl (C=O) groups excluding carboxylic acids is 1. The number of aromatic nitrogens is 2. The number of nitro groups is 1. The Morgan fingerprint density at radius 1 is 1.30 bits per heavy atom. The number of esters is 1. The quantitative estimate of drug-likeness (QED) is 0.312. The predicted molar refractivity (Wildman–Crippen MR) is 99.3 cm³/mol. The van der Waals surface area contributed by atoms with E-state index in [2.05, 4.69) is 9.97 Å². The molecule has 0 amide bonds. The Balaban J connectivity index is 1.72. The number of nitro benzene ring substituents is 1. The normalized spacial score (nSPS) is 11.0. The zero-order valence-corrected chi connectivity index (χ0v) is 14.5. The lowest BCUT2D eigenvalue weighted by molar-refractivity contribution is -0.385. The van der Waals surface area contributed by atoms with E-state index in [0.717, 1.165) is 6.08 Å². The number of benzene rings is 2. The van der Waals surface area contributed by atoms with Gasteiger partial charge >= 0.3 is 5.97 Å². The molecule has 136 valence electrons. The highest BCUT2D eigenvalue weighted by Gasteiger charge is 2.10. The number of nitrogens with one attached hydrogen (secondary N) is 1. The number of hydrogen-bond acceptors (Lipinski definition) is 6. The van der Waals surface area contributed by atoms with Crippen molar-refractivity contribution in [3.63, 3.8) is 0 Å². The van der Waals surface area contributed by atoms with E-state index in [0.29, 0.717) is 15.9 Å². The number of carbonyl (C=O) groups is 1. The Morgan fingerprint density at radius 2 is 2.07 bits per heavy atom. The highest BCUT2D eigenvalue weighted by atomic mass is 35.5. The molecule has 1 heterocycles. The molecule has 0 bridgehead atoms. The maximum absolute atomic E-state index is 12.0. The van der Waals surface area contributed by atoms with E-state index in [1.165, 1.54) is 30.3 Å². The maximum atomic E-state index is 12.0. The van der Waals surface area contributed by atoms with Crippen LogP contribution in [0, 0.1) is 10.1 Å². The number of para-hydroxylation sites is 1. The summed E-state index contributed by atoms with van der Waals surface area (Å²) in [7, 11) is 0. The molecule has 0 spiro atoms. The molecule has 0 aliphatic rings. The fraction of sp³-hybridized carbons (Fsp3) is 0.0556. The van der Waals surface area contributed by atoms with Crippen LogP contribution in [-0.4, -0.2) is 20.9 Å². The van der Waals surface area contributed by atoms with Crippen molar-refractivity contribution < 1.29 is 14.5 Å². The number of aromatic amines is 1. The summed E-state index contributed by atoms with van der Waals surface area (Å²) < 4.78 is 5.02. The first kappa shape index (κ1) is 18.3. The molecular weight excluding hydrogens is 374 g/mol. The van der Waals surface area contributed by atoms with Gasteiger partial charge in [-0.05, 0) is 30.3 Å². The van der Waals surface area contributed by atoms with Crippen molar-refractivity contribution in [1.29, 1.82) is 0 Å². The van der Waals surface area contributed by atoms with Crippen LogP contribution in [0.3, 0.4) is 0 Å². The average molecular weight is 386 g/mol. The summed E-state index contributed by atoms with van der Waals surface area (Å²) in [5.41, 5.74) is 0.149. The summed E-state index contributed by atoms with van der Waals surface area (Å²) >= 11 is 5.89. The first-order valence-corrected chi connectivity index (χ1v) is 8.08. The first-order valence-electron chi connectivity index (χ1n) is 7.71. The van der Waals surface area contributed by atoms with Crippen molar-refractivity contribution >= 4 is 40.2 Å². The highest BCUT2D eigenvalue weighted by Crippen LogP contribution is 2.19. The molecule has 0 saturated carbocycles. The molecule has 27 heavy (non-hydrogen) atoms. The summed E-state index contributed by atoms with van der Waals surface area (Å²) in [5, 5.41) is 11.7. The molecule has 1 N–H and O–H groups in total. The van der Waals surface area contributed by atoms with E-state index in [-0.39, 0.29) is 29.2 Å². The Morgan fingerprint density at radius 3 is 2.85 bits per heavy atom. The van der Waals surface area contributed by atoms with Crippen LogP contribution in [0.15, 0.2) is 53.3 Å². The van der Waals surface area contributed by atoms with Crippen molar-refractivity contribution in [3.8, 4) is 0 Å². The van der Waals surface area contributed by atoms with E-state index in [4.69, 9.17) is 16.3 Å². The number of nitrogens with zero attached hydrogens (tertiary/aromatic N) is 2. The van der Waals surface area contributed by atoms with Crippen LogP contribution in [0.5, 0.6) is 0 Å². The van der Waals surface area contributed by atoms with Gasteiger partial charge in [0.05, 0.1) is 21.4 Å². The SMILES string of the molecule is O=C(/C=C/c1ccccc1[N+](=O)[O-])OCc1nc2cc(Cl)ccc2c(=O)[nH]1. The minimum absolute atomic E-state index is 0.126. The average Bonchev–Trinajstić information content (AvgIpc) is 2.64.